The lowest BCUT2D eigenvalue weighted by Gasteiger charge is -2.28. The van der Waals surface area contributed by atoms with Gasteiger partial charge in [0.15, 0.2) is 0 Å². The van der Waals surface area contributed by atoms with Gasteiger partial charge >= 0.3 is 6.03 Å². The van der Waals surface area contributed by atoms with Gasteiger partial charge in [0.2, 0.25) is 5.88 Å². The first-order valence-corrected chi connectivity index (χ1v) is 12.4. The van der Waals surface area contributed by atoms with Gasteiger partial charge in [0.1, 0.15) is 28.3 Å². The predicted molar refractivity (Wildman–Crippen MR) is 129 cm³/mol. The number of aliphatic hydroxyl groups excluding tert-OH is 1. The Bertz CT molecular complexity index is 1020. The number of nitrogens with one attached hydrogen (secondary N) is 2. The van der Waals surface area contributed by atoms with Gasteiger partial charge in [-0.25, -0.2) is 13.6 Å². The Kier molecular flexibility index (Phi) is 9.75. The Balaban J connectivity index is 1.50. The van der Waals surface area contributed by atoms with E-state index in [2.05, 4.69) is 19.9 Å². The molecule has 12 heteroatoms. The first-order valence-electron chi connectivity index (χ1n) is 11.6. The van der Waals surface area contributed by atoms with Crippen LogP contribution in [-0.4, -0.2) is 58.6 Å². The van der Waals surface area contributed by atoms with Gasteiger partial charge in [0, 0.05) is 18.7 Å². The number of piperidine rings is 1. The Morgan fingerprint density at radius 3 is 2.74 bits per heavy atom. The lowest BCUT2D eigenvalue weighted by molar-refractivity contribution is 0.0933. The van der Waals surface area contributed by atoms with Crippen molar-refractivity contribution in [3.05, 3.63) is 41.0 Å². The predicted octanol–water partition coefficient (Wildman–Crippen LogP) is 3.41. The summed E-state index contributed by atoms with van der Waals surface area (Å²) < 4.78 is 37.1. The van der Waals surface area contributed by atoms with Gasteiger partial charge in [0.05, 0.1) is 6.10 Å². The van der Waals surface area contributed by atoms with E-state index in [-0.39, 0.29) is 22.0 Å². The van der Waals surface area contributed by atoms with Crippen LogP contribution < -0.4 is 21.1 Å². The first-order chi connectivity index (χ1) is 16.7. The van der Waals surface area contributed by atoms with Crippen molar-refractivity contribution in [2.75, 3.05) is 31.5 Å². The number of hydrogen-bond acceptors (Lipinski definition) is 7. The fourth-order valence-electron chi connectivity index (χ4n) is 3.93. The molecular formula is C23H31F2N5O4S. The standard InChI is InChI=1S/C23H31F2N5O4S/c1-14(17-12-15(24)7-8-18(17)25)34-21-19(20(26)32)22(35-29-21)28-23(33)27-9-5-6-16(31)13-30-10-3-2-4-11-30/h7-8,12,14,16,31H,2-6,9-11,13H2,1H3,(H2,26,32)(H2,27,28,33). The van der Waals surface area contributed by atoms with Crippen LogP contribution in [0.5, 0.6) is 5.88 Å². The summed E-state index contributed by atoms with van der Waals surface area (Å²) in [6.45, 7) is 4.46. The molecule has 1 saturated heterocycles. The average molecular weight is 512 g/mol. The third kappa shape index (κ3) is 7.84. The molecule has 1 aromatic carbocycles. The van der Waals surface area contributed by atoms with Crippen molar-refractivity contribution < 1.29 is 28.2 Å². The minimum absolute atomic E-state index is 0.0526. The fraction of sp³-hybridized carbons (Fsp3) is 0.522. The Morgan fingerprint density at radius 2 is 2.03 bits per heavy atom. The molecule has 1 aliphatic rings. The van der Waals surface area contributed by atoms with Crippen LogP contribution in [0.2, 0.25) is 0 Å². The molecular weight excluding hydrogens is 480 g/mol. The lowest BCUT2D eigenvalue weighted by atomic mass is 10.1. The molecule has 2 aromatic rings. The zero-order valence-electron chi connectivity index (χ0n) is 19.6. The van der Waals surface area contributed by atoms with Crippen molar-refractivity contribution in [3.63, 3.8) is 0 Å². The number of nitrogens with zero attached hydrogens (tertiary/aromatic N) is 2. The molecule has 0 spiro atoms. The summed E-state index contributed by atoms with van der Waals surface area (Å²) >= 11 is 0.780. The van der Waals surface area contributed by atoms with Gasteiger partial charge in [0.25, 0.3) is 5.91 Å². The highest BCUT2D eigenvalue weighted by Crippen LogP contribution is 2.33. The van der Waals surface area contributed by atoms with Crippen molar-refractivity contribution >= 4 is 28.5 Å². The lowest BCUT2D eigenvalue weighted by Crippen LogP contribution is -2.37. The summed E-state index contributed by atoms with van der Waals surface area (Å²) in [6, 6.07) is 2.38. The second-order valence-electron chi connectivity index (χ2n) is 8.52. The van der Waals surface area contributed by atoms with Crippen LogP contribution in [0.3, 0.4) is 0 Å². The highest BCUT2D eigenvalue weighted by Gasteiger charge is 2.25. The number of hydrogen-bond donors (Lipinski definition) is 4. The van der Waals surface area contributed by atoms with Crippen LogP contribution in [0.15, 0.2) is 18.2 Å². The van der Waals surface area contributed by atoms with E-state index in [1.54, 1.807) is 0 Å². The summed E-state index contributed by atoms with van der Waals surface area (Å²) in [6.07, 6.45) is 3.27. The number of amides is 3. The van der Waals surface area contributed by atoms with Crippen LogP contribution >= 0.6 is 11.5 Å². The van der Waals surface area contributed by atoms with Crippen molar-refractivity contribution in [2.45, 2.75) is 51.2 Å². The molecule has 35 heavy (non-hydrogen) atoms. The van der Waals surface area contributed by atoms with E-state index in [1.165, 1.54) is 13.3 Å². The van der Waals surface area contributed by atoms with Crippen molar-refractivity contribution in [2.24, 2.45) is 5.73 Å². The second kappa shape index (κ2) is 12.8. The van der Waals surface area contributed by atoms with Crippen LogP contribution in [0.1, 0.15) is 61.1 Å². The maximum atomic E-state index is 14.0. The number of nitrogens with two attached hydrogens (primary N) is 1. The summed E-state index contributed by atoms with van der Waals surface area (Å²) in [5, 5.41) is 15.5. The summed E-state index contributed by atoms with van der Waals surface area (Å²) in [5.41, 5.74) is 5.23. The molecule has 0 bridgehead atoms. The first kappa shape index (κ1) is 26.8. The molecule has 3 rings (SSSR count). The molecule has 5 N–H and O–H groups in total. The number of anilines is 1. The molecule has 2 atom stereocenters. The SMILES string of the molecule is CC(Oc1nsc(NC(=O)NCCCC(O)CN2CCCCC2)c1C(N)=O)c1cc(F)ccc1F. The summed E-state index contributed by atoms with van der Waals surface area (Å²) in [4.78, 5) is 26.5. The normalized spacial score (nSPS) is 15.9. The van der Waals surface area contributed by atoms with E-state index in [1.807, 2.05) is 0 Å². The Labute approximate surface area is 206 Å². The molecule has 192 valence electrons. The maximum Gasteiger partial charge on any atom is 0.319 e. The van der Waals surface area contributed by atoms with Gasteiger partial charge in [-0.05, 0) is 75.4 Å². The second-order valence-corrected chi connectivity index (χ2v) is 9.29. The Morgan fingerprint density at radius 1 is 1.29 bits per heavy atom. The highest BCUT2D eigenvalue weighted by atomic mass is 32.1. The number of carbonyl (C=O) groups excluding carboxylic acids is 2. The molecule has 0 aliphatic carbocycles. The zero-order valence-corrected chi connectivity index (χ0v) is 20.4. The number of urea groups is 1. The smallest absolute Gasteiger partial charge is 0.319 e. The monoisotopic (exact) mass is 511 g/mol. The van der Waals surface area contributed by atoms with E-state index in [4.69, 9.17) is 10.5 Å². The molecule has 3 amide bonds. The van der Waals surface area contributed by atoms with E-state index in [9.17, 15) is 23.5 Å². The van der Waals surface area contributed by atoms with Crippen LogP contribution in [0, 0.1) is 11.6 Å². The fourth-order valence-corrected chi connectivity index (χ4v) is 4.66. The molecule has 1 fully saturated rings. The topological polar surface area (TPSA) is 130 Å². The van der Waals surface area contributed by atoms with E-state index in [0.29, 0.717) is 25.9 Å². The number of carbonyl (C=O) groups is 2. The van der Waals surface area contributed by atoms with Crippen molar-refractivity contribution in [3.8, 4) is 5.88 Å². The van der Waals surface area contributed by atoms with Gasteiger partial charge in [-0.3, -0.25) is 10.1 Å². The third-order valence-electron chi connectivity index (χ3n) is 5.74. The van der Waals surface area contributed by atoms with E-state index < -0.39 is 35.8 Å². The van der Waals surface area contributed by atoms with Gasteiger partial charge < -0.3 is 25.8 Å². The number of likely N-dealkylation sites (tertiary alicyclic amines) is 1. The van der Waals surface area contributed by atoms with Gasteiger partial charge in [-0.1, -0.05) is 6.42 Å². The number of rotatable bonds is 11. The summed E-state index contributed by atoms with van der Waals surface area (Å²) in [7, 11) is 0. The number of β-amino-alcohol motifs (C(OH)–C–C–N with tert-alkyl or cyclic N) is 1. The molecule has 9 nitrogen and oxygen atoms in total. The van der Waals surface area contributed by atoms with Gasteiger partial charge in [-0.15, -0.1) is 0 Å². The third-order valence-corrected chi connectivity index (χ3v) is 6.48. The van der Waals surface area contributed by atoms with Crippen LogP contribution in [0.25, 0.3) is 0 Å². The van der Waals surface area contributed by atoms with E-state index >= 15 is 0 Å². The Hall–Kier alpha value is -2.83. The largest absolute Gasteiger partial charge is 0.468 e. The number of aliphatic hydroxyl groups is 1. The minimum atomic E-state index is -0.969. The van der Waals surface area contributed by atoms with Crippen molar-refractivity contribution in [1.82, 2.24) is 14.6 Å². The summed E-state index contributed by atoms with van der Waals surface area (Å²) in [5.74, 6) is -2.39. The van der Waals surface area contributed by atoms with Gasteiger partial charge in [-0.2, -0.15) is 4.37 Å². The van der Waals surface area contributed by atoms with Crippen molar-refractivity contribution in [1.29, 1.82) is 0 Å². The number of halogens is 2. The average Bonchev–Trinajstić information content (AvgIpc) is 3.20. The van der Waals surface area contributed by atoms with E-state index in [0.717, 1.165) is 55.7 Å². The molecule has 1 aromatic heterocycles. The quantitative estimate of drug-likeness (QED) is 0.342. The zero-order chi connectivity index (χ0) is 25.4. The minimum Gasteiger partial charge on any atom is -0.468 e. The molecule has 0 saturated carbocycles. The molecule has 2 unspecified atom stereocenters. The molecule has 1 aliphatic heterocycles. The number of ether oxygens (including phenoxy) is 1. The molecule has 0 radical (unpaired) electrons. The number of aromatic nitrogens is 1. The number of benzene rings is 1. The van der Waals surface area contributed by atoms with Crippen LogP contribution in [0.4, 0.5) is 18.6 Å². The van der Waals surface area contributed by atoms with Crippen LogP contribution in [-0.2, 0) is 0 Å². The highest BCUT2D eigenvalue weighted by molar-refractivity contribution is 7.11. The number of primary amides is 1. The molecule has 2 heterocycles. The maximum absolute atomic E-state index is 14.0.